The number of fused-ring (bicyclic) bond motifs is 1. The van der Waals surface area contributed by atoms with Crippen LogP contribution in [-0.2, 0) is 0 Å². The molecule has 0 aliphatic heterocycles. The number of benzene rings is 1. The number of methoxy groups -OCH3 is 2. The van der Waals surface area contributed by atoms with Crippen molar-refractivity contribution in [3.8, 4) is 11.5 Å². The lowest BCUT2D eigenvalue weighted by Gasteiger charge is -2.05. The van der Waals surface area contributed by atoms with E-state index in [4.69, 9.17) is 13.9 Å². The standard InChI is InChI=1S/C20H17N3O5S2/c1-10-7-16(22-18(24)12-5-4-6-28-12)30-17(10)19(25)23-20-21-11-8-13(26-2)14(27-3)9-15(11)29-20/h4-9H,1-3H3,(H,22,24)(H,21,23,25). The Morgan fingerprint density at radius 3 is 2.50 bits per heavy atom. The van der Waals surface area contributed by atoms with Crippen molar-refractivity contribution in [2.24, 2.45) is 0 Å². The van der Waals surface area contributed by atoms with Gasteiger partial charge in [-0.2, -0.15) is 0 Å². The summed E-state index contributed by atoms with van der Waals surface area (Å²) in [4.78, 5) is 29.8. The van der Waals surface area contributed by atoms with E-state index < -0.39 is 0 Å². The third-order valence-corrected chi connectivity index (χ3v) is 6.30. The van der Waals surface area contributed by atoms with Gasteiger partial charge in [0.15, 0.2) is 22.4 Å². The van der Waals surface area contributed by atoms with E-state index in [0.29, 0.717) is 32.0 Å². The first-order chi connectivity index (χ1) is 14.5. The van der Waals surface area contributed by atoms with Crippen molar-refractivity contribution < 1.29 is 23.5 Å². The van der Waals surface area contributed by atoms with Crippen molar-refractivity contribution in [3.63, 3.8) is 0 Å². The van der Waals surface area contributed by atoms with Crippen LogP contribution in [0.2, 0.25) is 0 Å². The van der Waals surface area contributed by atoms with Crippen LogP contribution in [0, 0.1) is 6.92 Å². The van der Waals surface area contributed by atoms with Crippen LogP contribution < -0.4 is 20.1 Å². The molecular formula is C20H17N3O5S2. The number of ether oxygens (including phenoxy) is 2. The number of furan rings is 1. The van der Waals surface area contributed by atoms with E-state index in [1.165, 1.54) is 28.9 Å². The minimum atomic E-state index is -0.373. The van der Waals surface area contributed by atoms with Crippen LogP contribution in [0.4, 0.5) is 10.1 Å². The zero-order valence-corrected chi connectivity index (χ0v) is 17.9. The molecule has 2 amide bonds. The Morgan fingerprint density at radius 1 is 1.03 bits per heavy atom. The van der Waals surface area contributed by atoms with Crippen molar-refractivity contribution >= 4 is 54.8 Å². The SMILES string of the molecule is COc1cc2nc(NC(=O)c3sc(NC(=O)c4ccco4)cc3C)sc2cc1OC. The predicted octanol–water partition coefficient (Wildman–Crippen LogP) is 4.78. The van der Waals surface area contributed by atoms with E-state index in [0.717, 1.165) is 10.3 Å². The number of hydrogen-bond acceptors (Lipinski definition) is 8. The molecule has 8 nitrogen and oxygen atoms in total. The molecule has 0 spiro atoms. The Balaban J connectivity index is 1.52. The number of hydrogen-bond donors (Lipinski definition) is 2. The Kier molecular flexibility index (Phi) is 5.42. The van der Waals surface area contributed by atoms with Gasteiger partial charge < -0.3 is 19.2 Å². The summed E-state index contributed by atoms with van der Waals surface area (Å²) >= 11 is 2.52. The molecule has 4 rings (SSSR count). The first-order valence-corrected chi connectivity index (χ1v) is 10.4. The molecule has 0 fully saturated rings. The smallest absolute Gasteiger partial charge is 0.291 e. The van der Waals surface area contributed by atoms with E-state index in [2.05, 4.69) is 15.6 Å². The van der Waals surface area contributed by atoms with Crippen molar-refractivity contribution in [1.82, 2.24) is 4.98 Å². The summed E-state index contributed by atoms with van der Waals surface area (Å²) in [6.45, 7) is 1.81. The number of nitrogens with one attached hydrogen (secondary N) is 2. The normalized spacial score (nSPS) is 10.8. The maximum Gasteiger partial charge on any atom is 0.291 e. The lowest BCUT2D eigenvalue weighted by molar-refractivity contribution is 0.0995. The molecule has 0 bridgehead atoms. The number of aromatic nitrogens is 1. The van der Waals surface area contributed by atoms with Gasteiger partial charge in [0, 0.05) is 12.1 Å². The average molecular weight is 444 g/mol. The molecule has 0 aliphatic rings. The lowest BCUT2D eigenvalue weighted by atomic mass is 10.3. The van der Waals surface area contributed by atoms with E-state index in [9.17, 15) is 9.59 Å². The number of anilines is 2. The largest absolute Gasteiger partial charge is 0.493 e. The van der Waals surface area contributed by atoms with E-state index in [-0.39, 0.29) is 17.6 Å². The number of nitrogens with zero attached hydrogens (tertiary/aromatic N) is 1. The quantitative estimate of drug-likeness (QED) is 0.445. The van der Waals surface area contributed by atoms with Gasteiger partial charge in [-0.1, -0.05) is 11.3 Å². The van der Waals surface area contributed by atoms with Crippen LogP contribution in [0.3, 0.4) is 0 Å². The minimum absolute atomic E-state index is 0.201. The van der Waals surface area contributed by atoms with Crippen molar-refractivity contribution in [2.45, 2.75) is 6.92 Å². The number of thiazole rings is 1. The van der Waals surface area contributed by atoms with Crippen LogP contribution in [0.5, 0.6) is 11.5 Å². The Bertz CT molecular complexity index is 1190. The fraction of sp³-hybridized carbons (Fsp3) is 0.150. The van der Waals surface area contributed by atoms with Crippen LogP contribution in [0.25, 0.3) is 10.2 Å². The molecule has 154 valence electrons. The van der Waals surface area contributed by atoms with Gasteiger partial charge in [0.2, 0.25) is 0 Å². The van der Waals surface area contributed by atoms with Crippen LogP contribution >= 0.6 is 22.7 Å². The third-order valence-electron chi connectivity index (χ3n) is 4.22. The van der Waals surface area contributed by atoms with Gasteiger partial charge in [0.25, 0.3) is 11.8 Å². The van der Waals surface area contributed by atoms with Crippen LogP contribution in [-0.4, -0.2) is 31.0 Å². The lowest BCUT2D eigenvalue weighted by Crippen LogP contribution is -2.11. The maximum atomic E-state index is 12.8. The highest BCUT2D eigenvalue weighted by Gasteiger charge is 2.18. The molecule has 1 aromatic carbocycles. The summed E-state index contributed by atoms with van der Waals surface area (Å²) < 4.78 is 16.5. The topological polar surface area (TPSA) is 103 Å². The summed E-state index contributed by atoms with van der Waals surface area (Å²) in [6, 6.07) is 8.53. The van der Waals surface area contributed by atoms with Gasteiger partial charge >= 0.3 is 0 Å². The molecule has 10 heteroatoms. The highest BCUT2D eigenvalue weighted by molar-refractivity contribution is 7.22. The van der Waals surface area contributed by atoms with Gasteiger partial charge in [-0.3, -0.25) is 14.9 Å². The molecule has 3 heterocycles. The zero-order valence-electron chi connectivity index (χ0n) is 16.3. The summed E-state index contributed by atoms with van der Waals surface area (Å²) in [6.07, 6.45) is 1.43. The number of thiophene rings is 1. The van der Waals surface area contributed by atoms with Gasteiger partial charge in [0.05, 0.1) is 40.6 Å². The summed E-state index contributed by atoms with van der Waals surface area (Å²) in [5, 5.41) is 6.57. The zero-order chi connectivity index (χ0) is 21.3. The first kappa shape index (κ1) is 19.9. The fourth-order valence-corrected chi connectivity index (χ4v) is 4.65. The molecular weight excluding hydrogens is 426 g/mol. The monoisotopic (exact) mass is 443 g/mol. The van der Waals surface area contributed by atoms with Gasteiger partial charge in [-0.15, -0.1) is 11.3 Å². The second-order valence-electron chi connectivity index (χ2n) is 6.20. The highest BCUT2D eigenvalue weighted by atomic mass is 32.1. The number of aryl methyl sites for hydroxylation is 1. The first-order valence-electron chi connectivity index (χ1n) is 8.77. The van der Waals surface area contributed by atoms with Crippen molar-refractivity contribution in [1.29, 1.82) is 0 Å². The van der Waals surface area contributed by atoms with Crippen LogP contribution in [0.15, 0.2) is 41.0 Å². The molecule has 0 radical (unpaired) electrons. The second-order valence-corrected chi connectivity index (χ2v) is 8.29. The molecule has 0 unspecified atom stereocenters. The molecule has 4 aromatic rings. The van der Waals surface area contributed by atoms with Gasteiger partial charge in [-0.05, 0) is 30.7 Å². The summed E-state index contributed by atoms with van der Waals surface area (Å²) in [7, 11) is 3.12. The molecule has 0 aliphatic carbocycles. The minimum Gasteiger partial charge on any atom is -0.493 e. The highest BCUT2D eigenvalue weighted by Crippen LogP contribution is 2.36. The summed E-state index contributed by atoms with van der Waals surface area (Å²) in [5.74, 6) is 0.695. The molecule has 0 saturated carbocycles. The number of amides is 2. The van der Waals surface area contributed by atoms with Crippen LogP contribution in [0.1, 0.15) is 25.8 Å². The number of carbonyl (C=O) groups excluding carboxylic acids is 2. The molecule has 3 aromatic heterocycles. The van der Waals surface area contributed by atoms with Gasteiger partial charge in [-0.25, -0.2) is 4.98 Å². The summed E-state index contributed by atoms with van der Waals surface area (Å²) in [5.41, 5.74) is 1.44. The maximum absolute atomic E-state index is 12.8. The van der Waals surface area contributed by atoms with E-state index >= 15 is 0 Å². The number of carbonyl (C=O) groups is 2. The van der Waals surface area contributed by atoms with E-state index in [1.807, 2.05) is 13.0 Å². The average Bonchev–Trinajstić information content (AvgIpc) is 3.46. The molecule has 0 saturated heterocycles. The fourth-order valence-electron chi connectivity index (χ4n) is 2.81. The number of rotatable bonds is 6. The Hall–Kier alpha value is -3.37. The van der Waals surface area contributed by atoms with Crippen molar-refractivity contribution in [3.05, 3.63) is 52.8 Å². The molecule has 30 heavy (non-hydrogen) atoms. The van der Waals surface area contributed by atoms with E-state index in [1.54, 1.807) is 38.5 Å². The second kappa shape index (κ2) is 8.17. The molecule has 0 atom stereocenters. The molecule has 2 N–H and O–H groups in total. The Labute approximate surface area is 179 Å². The Morgan fingerprint density at radius 2 is 1.80 bits per heavy atom. The predicted molar refractivity (Wildman–Crippen MR) is 116 cm³/mol. The van der Waals surface area contributed by atoms with Gasteiger partial charge in [0.1, 0.15) is 0 Å². The third kappa shape index (κ3) is 3.87. The van der Waals surface area contributed by atoms with Crippen molar-refractivity contribution in [2.75, 3.05) is 24.9 Å².